The van der Waals surface area contributed by atoms with Crippen molar-refractivity contribution >= 4 is 5.97 Å². The van der Waals surface area contributed by atoms with Gasteiger partial charge in [0, 0.05) is 31.3 Å². The minimum absolute atomic E-state index is 0.364. The first kappa shape index (κ1) is 22.4. The van der Waals surface area contributed by atoms with E-state index in [-0.39, 0.29) is 0 Å². The SMILES string of the molecule is O=C(O)C(F)(F)F.c1ccc(C[C@H]2[C@H](OCC3CC3)CCN2Cc2ccoc2)cc1. The third-order valence-corrected chi connectivity index (χ3v) is 5.34. The second-order valence-electron chi connectivity index (χ2n) is 7.77. The second-order valence-corrected chi connectivity index (χ2v) is 7.77. The maximum Gasteiger partial charge on any atom is 0.490 e. The molecule has 1 aromatic heterocycles. The van der Waals surface area contributed by atoms with Gasteiger partial charge in [-0.2, -0.15) is 13.2 Å². The van der Waals surface area contributed by atoms with E-state index >= 15 is 0 Å². The molecule has 1 aliphatic carbocycles. The van der Waals surface area contributed by atoms with Crippen LogP contribution in [-0.4, -0.2) is 47.4 Å². The molecule has 0 radical (unpaired) electrons. The number of halogens is 3. The molecule has 2 heterocycles. The molecule has 2 atom stereocenters. The summed E-state index contributed by atoms with van der Waals surface area (Å²) in [6, 6.07) is 13.3. The van der Waals surface area contributed by atoms with E-state index in [9.17, 15) is 13.2 Å². The molecular weight excluding hydrogens is 399 g/mol. The number of likely N-dealkylation sites (tertiary alicyclic amines) is 1. The van der Waals surface area contributed by atoms with Crippen LogP contribution in [0.25, 0.3) is 0 Å². The van der Waals surface area contributed by atoms with Crippen LogP contribution < -0.4 is 0 Å². The van der Waals surface area contributed by atoms with Gasteiger partial charge < -0.3 is 14.3 Å². The van der Waals surface area contributed by atoms with Crippen LogP contribution in [0, 0.1) is 5.92 Å². The fraction of sp³-hybridized carbons (Fsp3) is 0.500. The van der Waals surface area contributed by atoms with Crippen molar-refractivity contribution < 1.29 is 32.2 Å². The maximum atomic E-state index is 10.6. The number of nitrogens with zero attached hydrogens (tertiary/aromatic N) is 1. The topological polar surface area (TPSA) is 62.9 Å². The van der Waals surface area contributed by atoms with Crippen LogP contribution in [0.1, 0.15) is 30.4 Å². The van der Waals surface area contributed by atoms with Crippen LogP contribution in [0.5, 0.6) is 0 Å². The lowest BCUT2D eigenvalue weighted by Crippen LogP contribution is -2.38. The number of furan rings is 1. The third-order valence-electron chi connectivity index (χ3n) is 5.34. The molecule has 4 rings (SSSR count). The monoisotopic (exact) mass is 425 g/mol. The number of carboxylic acid groups (broad SMARTS) is 1. The van der Waals surface area contributed by atoms with Gasteiger partial charge in [-0.3, -0.25) is 4.90 Å². The summed E-state index contributed by atoms with van der Waals surface area (Å²) in [4.78, 5) is 11.5. The molecule has 1 aromatic carbocycles. The normalized spacial score (nSPS) is 21.8. The Bertz CT molecular complexity index is 775. The van der Waals surface area contributed by atoms with E-state index in [0.29, 0.717) is 12.1 Å². The van der Waals surface area contributed by atoms with Gasteiger partial charge in [-0.1, -0.05) is 30.3 Å². The lowest BCUT2D eigenvalue weighted by atomic mass is 10.0. The predicted octanol–water partition coefficient (Wildman–Crippen LogP) is 4.53. The van der Waals surface area contributed by atoms with Gasteiger partial charge in [0.25, 0.3) is 0 Å². The molecule has 164 valence electrons. The number of alkyl halides is 3. The zero-order chi connectivity index (χ0) is 21.6. The minimum Gasteiger partial charge on any atom is -0.475 e. The average Bonchev–Trinajstić information content (AvgIpc) is 3.26. The molecule has 1 saturated carbocycles. The Morgan fingerprint density at radius 2 is 1.83 bits per heavy atom. The standard InChI is InChI=1S/C20H25NO2.C2HF3O2/c1-2-4-16(5-3-1)12-19-20(23-15-17-6-7-17)8-10-21(19)13-18-9-11-22-14-18;3-2(4,5)1(6)7/h1-5,9,11,14,17,19-20H,6-8,10,12-13,15H2;(H,6,7)/t19-,20+;/m0./s1. The van der Waals surface area contributed by atoms with Crippen molar-refractivity contribution in [1.29, 1.82) is 0 Å². The van der Waals surface area contributed by atoms with Crippen molar-refractivity contribution in [2.75, 3.05) is 13.2 Å². The Morgan fingerprint density at radius 3 is 2.40 bits per heavy atom. The van der Waals surface area contributed by atoms with E-state index in [1.165, 1.54) is 24.0 Å². The van der Waals surface area contributed by atoms with Crippen LogP contribution >= 0.6 is 0 Å². The summed E-state index contributed by atoms with van der Waals surface area (Å²) in [6.07, 6.45) is 3.82. The van der Waals surface area contributed by atoms with Crippen LogP contribution in [0.15, 0.2) is 53.3 Å². The van der Waals surface area contributed by atoms with E-state index in [1.54, 1.807) is 6.26 Å². The van der Waals surface area contributed by atoms with Crippen molar-refractivity contribution in [2.45, 2.75) is 50.6 Å². The van der Waals surface area contributed by atoms with Gasteiger partial charge in [-0.25, -0.2) is 4.79 Å². The largest absolute Gasteiger partial charge is 0.490 e. The van der Waals surface area contributed by atoms with Crippen molar-refractivity contribution in [3.8, 4) is 0 Å². The molecule has 0 bridgehead atoms. The van der Waals surface area contributed by atoms with Crippen LogP contribution in [0.2, 0.25) is 0 Å². The molecule has 5 nitrogen and oxygen atoms in total. The van der Waals surface area contributed by atoms with Crippen molar-refractivity contribution in [3.05, 3.63) is 60.1 Å². The minimum atomic E-state index is -5.08. The maximum absolute atomic E-state index is 10.6. The van der Waals surface area contributed by atoms with Crippen molar-refractivity contribution in [1.82, 2.24) is 4.90 Å². The highest BCUT2D eigenvalue weighted by Crippen LogP contribution is 2.32. The Hall–Kier alpha value is -2.32. The summed E-state index contributed by atoms with van der Waals surface area (Å²) in [5, 5.41) is 7.12. The van der Waals surface area contributed by atoms with Gasteiger partial charge in [0.05, 0.1) is 18.6 Å². The second kappa shape index (κ2) is 10.1. The summed E-state index contributed by atoms with van der Waals surface area (Å²) >= 11 is 0. The number of aliphatic carboxylic acids is 1. The van der Waals surface area contributed by atoms with Gasteiger partial charge >= 0.3 is 12.1 Å². The molecule has 2 fully saturated rings. The molecular formula is C22H26F3NO4. The smallest absolute Gasteiger partial charge is 0.475 e. The predicted molar refractivity (Wildman–Crippen MR) is 104 cm³/mol. The number of carbonyl (C=O) groups is 1. The summed E-state index contributed by atoms with van der Waals surface area (Å²) in [5.74, 6) is -1.93. The summed E-state index contributed by atoms with van der Waals surface area (Å²) in [5.41, 5.74) is 2.66. The van der Waals surface area contributed by atoms with E-state index in [2.05, 4.69) is 41.3 Å². The van der Waals surface area contributed by atoms with Gasteiger partial charge in [-0.05, 0) is 43.2 Å². The van der Waals surface area contributed by atoms with E-state index in [1.807, 2.05) is 6.26 Å². The Balaban J connectivity index is 0.000000318. The summed E-state index contributed by atoms with van der Waals surface area (Å²) < 4.78 is 43.3. The van der Waals surface area contributed by atoms with Crippen molar-refractivity contribution in [3.63, 3.8) is 0 Å². The van der Waals surface area contributed by atoms with Gasteiger partial charge in [0.2, 0.25) is 0 Å². The molecule has 1 saturated heterocycles. The fourth-order valence-corrected chi connectivity index (χ4v) is 3.55. The molecule has 0 unspecified atom stereocenters. The Labute approximate surface area is 173 Å². The zero-order valence-corrected chi connectivity index (χ0v) is 16.6. The number of carboxylic acids is 1. The Kier molecular flexibility index (Phi) is 7.55. The number of benzene rings is 1. The molecule has 1 N–H and O–H groups in total. The lowest BCUT2D eigenvalue weighted by Gasteiger charge is -2.28. The third kappa shape index (κ3) is 6.88. The molecule has 30 heavy (non-hydrogen) atoms. The molecule has 0 amide bonds. The van der Waals surface area contributed by atoms with Gasteiger partial charge in [0.15, 0.2) is 0 Å². The van der Waals surface area contributed by atoms with Crippen LogP contribution in [0.3, 0.4) is 0 Å². The molecule has 1 aliphatic heterocycles. The first-order chi connectivity index (χ1) is 14.3. The number of ether oxygens (including phenoxy) is 1. The lowest BCUT2D eigenvalue weighted by molar-refractivity contribution is -0.192. The van der Waals surface area contributed by atoms with Crippen LogP contribution in [0.4, 0.5) is 13.2 Å². The average molecular weight is 425 g/mol. The first-order valence-electron chi connectivity index (χ1n) is 10.0. The summed E-state index contributed by atoms with van der Waals surface area (Å²) in [6.45, 7) is 3.02. The van der Waals surface area contributed by atoms with Crippen molar-refractivity contribution in [2.24, 2.45) is 5.92 Å². The summed E-state index contributed by atoms with van der Waals surface area (Å²) in [7, 11) is 0. The molecule has 2 aliphatic rings. The highest BCUT2D eigenvalue weighted by atomic mass is 19.4. The highest BCUT2D eigenvalue weighted by molar-refractivity contribution is 5.73. The quantitative estimate of drug-likeness (QED) is 0.707. The highest BCUT2D eigenvalue weighted by Gasteiger charge is 2.38. The number of hydrogen-bond donors (Lipinski definition) is 1. The van der Waals surface area contributed by atoms with Gasteiger partial charge in [0.1, 0.15) is 0 Å². The van der Waals surface area contributed by atoms with Gasteiger partial charge in [-0.15, -0.1) is 0 Å². The van der Waals surface area contributed by atoms with E-state index in [4.69, 9.17) is 19.1 Å². The molecule has 2 aromatic rings. The van der Waals surface area contributed by atoms with Crippen LogP contribution in [-0.2, 0) is 22.5 Å². The zero-order valence-electron chi connectivity index (χ0n) is 16.6. The van der Waals surface area contributed by atoms with E-state index in [0.717, 1.165) is 38.5 Å². The Morgan fingerprint density at radius 1 is 1.13 bits per heavy atom. The number of rotatable bonds is 7. The van der Waals surface area contributed by atoms with E-state index < -0.39 is 12.1 Å². The number of hydrogen-bond acceptors (Lipinski definition) is 4. The fourth-order valence-electron chi connectivity index (χ4n) is 3.55. The first-order valence-corrected chi connectivity index (χ1v) is 10.0. The molecule has 8 heteroatoms. The molecule has 0 spiro atoms.